The monoisotopic (exact) mass is 345 g/mol. The highest BCUT2D eigenvalue weighted by molar-refractivity contribution is 6.11. The molecule has 0 N–H and O–H groups in total. The van der Waals surface area contributed by atoms with E-state index in [1.807, 2.05) is 25.1 Å². The number of ketones is 1. The molecule has 0 saturated heterocycles. The number of carbonyl (C=O) groups is 1. The van der Waals surface area contributed by atoms with Gasteiger partial charge in [0.15, 0.2) is 5.65 Å². The van der Waals surface area contributed by atoms with Gasteiger partial charge in [0.25, 0.3) is 0 Å². The normalized spacial score (nSPS) is 10.8. The van der Waals surface area contributed by atoms with E-state index < -0.39 is 0 Å². The Morgan fingerprint density at radius 1 is 1.08 bits per heavy atom. The highest BCUT2D eigenvalue weighted by Crippen LogP contribution is 2.21. The smallest absolute Gasteiger partial charge is 0.216 e. The zero-order chi connectivity index (χ0) is 17.9. The van der Waals surface area contributed by atoms with Crippen molar-refractivity contribution >= 4 is 11.4 Å². The Kier molecular flexibility index (Phi) is 4.10. The fourth-order valence-electron chi connectivity index (χ4n) is 2.69. The first-order chi connectivity index (χ1) is 12.8. The summed E-state index contributed by atoms with van der Waals surface area (Å²) in [6.45, 7) is 2.44. The van der Waals surface area contributed by atoms with Crippen molar-refractivity contribution in [2.75, 3.05) is 6.61 Å². The van der Waals surface area contributed by atoms with Crippen molar-refractivity contribution in [1.29, 1.82) is 0 Å². The summed E-state index contributed by atoms with van der Waals surface area (Å²) in [5.74, 6) is 0.389. The van der Waals surface area contributed by atoms with Crippen LogP contribution in [0, 0.1) is 0 Å². The summed E-state index contributed by atoms with van der Waals surface area (Å²) in [6.07, 6.45) is 8.16. The fraction of sp³-hybridized carbons (Fsp3) is 0.105. The van der Waals surface area contributed by atoms with E-state index >= 15 is 0 Å². The molecule has 0 radical (unpaired) electrons. The van der Waals surface area contributed by atoms with Gasteiger partial charge < -0.3 is 4.74 Å². The largest absolute Gasteiger partial charge is 0.492 e. The van der Waals surface area contributed by atoms with Crippen molar-refractivity contribution in [2.45, 2.75) is 6.92 Å². The molecule has 0 aliphatic rings. The molecule has 4 rings (SSSR count). The van der Waals surface area contributed by atoms with Crippen molar-refractivity contribution < 1.29 is 9.53 Å². The van der Waals surface area contributed by atoms with E-state index in [1.165, 1.54) is 12.4 Å². The molecule has 26 heavy (non-hydrogen) atoms. The lowest BCUT2D eigenvalue weighted by Crippen LogP contribution is -2.05. The fourth-order valence-corrected chi connectivity index (χ4v) is 2.69. The van der Waals surface area contributed by atoms with Crippen LogP contribution in [-0.2, 0) is 0 Å². The predicted molar refractivity (Wildman–Crippen MR) is 95.1 cm³/mol. The van der Waals surface area contributed by atoms with E-state index in [9.17, 15) is 4.79 Å². The standard InChI is InChI=1S/C19H15N5O2/c1-2-26-14-5-6-16(22-11-14)18(25)15-12-23-24-17(7-9-21-19(15)24)13-4-3-8-20-10-13/h3-12H,2H2,1H3. The number of hydrogen-bond acceptors (Lipinski definition) is 6. The van der Waals surface area contributed by atoms with Crippen LogP contribution in [-0.4, -0.2) is 37.0 Å². The molecule has 4 heterocycles. The Morgan fingerprint density at radius 3 is 2.73 bits per heavy atom. The second kappa shape index (κ2) is 6.72. The number of fused-ring (bicyclic) bond motifs is 1. The molecular weight excluding hydrogens is 330 g/mol. The summed E-state index contributed by atoms with van der Waals surface area (Å²) < 4.78 is 7.00. The Bertz CT molecular complexity index is 1060. The SMILES string of the molecule is CCOc1ccc(C(=O)c2cnn3c(-c4cccnc4)ccnc23)nc1. The van der Waals surface area contributed by atoms with Gasteiger partial charge in [-0.25, -0.2) is 14.5 Å². The van der Waals surface area contributed by atoms with Gasteiger partial charge in [-0.15, -0.1) is 0 Å². The van der Waals surface area contributed by atoms with Crippen molar-refractivity contribution in [3.63, 3.8) is 0 Å². The molecule has 128 valence electrons. The number of ether oxygens (including phenoxy) is 1. The number of aromatic nitrogens is 5. The molecular formula is C19H15N5O2. The number of hydrogen-bond donors (Lipinski definition) is 0. The van der Waals surface area contributed by atoms with E-state index in [-0.39, 0.29) is 5.78 Å². The zero-order valence-electron chi connectivity index (χ0n) is 14.0. The lowest BCUT2D eigenvalue weighted by molar-refractivity contribution is 0.103. The second-order valence-corrected chi connectivity index (χ2v) is 5.51. The summed E-state index contributed by atoms with van der Waals surface area (Å²) >= 11 is 0. The molecule has 0 fully saturated rings. The Hall–Kier alpha value is -3.61. The lowest BCUT2D eigenvalue weighted by atomic mass is 10.1. The predicted octanol–water partition coefficient (Wildman–Crippen LogP) is 2.82. The maximum atomic E-state index is 12.8. The van der Waals surface area contributed by atoms with Crippen molar-refractivity contribution in [2.24, 2.45) is 0 Å². The average Bonchev–Trinajstić information content (AvgIpc) is 3.13. The molecule has 0 atom stereocenters. The van der Waals surface area contributed by atoms with Crippen LogP contribution in [0.15, 0.2) is 61.3 Å². The Labute approximate surface area is 149 Å². The summed E-state index contributed by atoms with van der Waals surface area (Å²) in [5, 5.41) is 4.34. The highest BCUT2D eigenvalue weighted by atomic mass is 16.5. The molecule has 0 aliphatic carbocycles. The number of nitrogens with zero attached hydrogens (tertiary/aromatic N) is 5. The molecule has 0 amide bonds. The molecule has 0 aliphatic heterocycles. The molecule has 0 aromatic carbocycles. The third-order valence-corrected chi connectivity index (χ3v) is 3.88. The van der Waals surface area contributed by atoms with Crippen LogP contribution in [0.1, 0.15) is 23.0 Å². The van der Waals surface area contributed by atoms with Crippen molar-refractivity contribution in [1.82, 2.24) is 24.6 Å². The van der Waals surface area contributed by atoms with Crippen LogP contribution in [0.4, 0.5) is 0 Å². The average molecular weight is 345 g/mol. The van der Waals surface area contributed by atoms with E-state index in [0.717, 1.165) is 11.3 Å². The summed E-state index contributed by atoms with van der Waals surface area (Å²) in [5.41, 5.74) is 2.89. The Morgan fingerprint density at radius 2 is 2.00 bits per heavy atom. The molecule has 4 aromatic rings. The summed E-state index contributed by atoms with van der Waals surface area (Å²) in [4.78, 5) is 25.5. The third kappa shape index (κ3) is 2.79. The highest BCUT2D eigenvalue weighted by Gasteiger charge is 2.18. The zero-order valence-corrected chi connectivity index (χ0v) is 14.0. The van der Waals surface area contributed by atoms with Crippen LogP contribution in [0.5, 0.6) is 5.75 Å². The minimum Gasteiger partial charge on any atom is -0.492 e. The summed E-state index contributed by atoms with van der Waals surface area (Å²) in [7, 11) is 0. The minimum absolute atomic E-state index is 0.237. The summed E-state index contributed by atoms with van der Waals surface area (Å²) in [6, 6.07) is 8.98. The molecule has 7 nitrogen and oxygen atoms in total. The van der Waals surface area contributed by atoms with Gasteiger partial charge in [0.05, 0.1) is 30.3 Å². The van der Waals surface area contributed by atoms with Gasteiger partial charge in [0, 0.05) is 24.2 Å². The van der Waals surface area contributed by atoms with Gasteiger partial charge in [-0.2, -0.15) is 5.10 Å². The first kappa shape index (κ1) is 15.9. The molecule has 4 aromatic heterocycles. The van der Waals surface area contributed by atoms with Gasteiger partial charge in [-0.3, -0.25) is 9.78 Å². The number of carbonyl (C=O) groups excluding carboxylic acids is 1. The van der Waals surface area contributed by atoms with Crippen LogP contribution >= 0.6 is 0 Å². The van der Waals surface area contributed by atoms with Crippen LogP contribution in [0.25, 0.3) is 16.9 Å². The first-order valence-electron chi connectivity index (χ1n) is 8.14. The van der Waals surface area contributed by atoms with E-state index in [0.29, 0.717) is 29.3 Å². The van der Waals surface area contributed by atoms with E-state index in [4.69, 9.17) is 4.74 Å². The van der Waals surface area contributed by atoms with Gasteiger partial charge in [-0.05, 0) is 37.3 Å². The van der Waals surface area contributed by atoms with Crippen molar-refractivity contribution in [3.05, 3.63) is 72.6 Å². The second-order valence-electron chi connectivity index (χ2n) is 5.51. The van der Waals surface area contributed by atoms with Crippen molar-refractivity contribution in [3.8, 4) is 17.0 Å². The molecule has 0 unspecified atom stereocenters. The quantitative estimate of drug-likeness (QED) is 0.517. The van der Waals surface area contributed by atoms with Gasteiger partial charge in [0.2, 0.25) is 5.78 Å². The van der Waals surface area contributed by atoms with E-state index in [2.05, 4.69) is 20.1 Å². The number of rotatable bonds is 5. The van der Waals surface area contributed by atoms with Crippen LogP contribution in [0.3, 0.4) is 0 Å². The maximum absolute atomic E-state index is 12.8. The first-order valence-corrected chi connectivity index (χ1v) is 8.14. The maximum Gasteiger partial charge on any atom is 0.216 e. The van der Waals surface area contributed by atoms with Gasteiger partial charge in [-0.1, -0.05) is 0 Å². The van der Waals surface area contributed by atoms with Crippen LogP contribution in [0.2, 0.25) is 0 Å². The molecule has 0 saturated carbocycles. The molecule has 0 spiro atoms. The lowest BCUT2D eigenvalue weighted by Gasteiger charge is -2.05. The van der Waals surface area contributed by atoms with Gasteiger partial charge >= 0.3 is 0 Å². The topological polar surface area (TPSA) is 82.3 Å². The minimum atomic E-state index is -0.237. The number of pyridine rings is 2. The third-order valence-electron chi connectivity index (χ3n) is 3.88. The molecule has 7 heteroatoms. The Balaban J connectivity index is 1.75. The molecule has 0 bridgehead atoms. The van der Waals surface area contributed by atoms with E-state index in [1.54, 1.807) is 35.2 Å². The van der Waals surface area contributed by atoms with Gasteiger partial charge in [0.1, 0.15) is 11.4 Å². The van der Waals surface area contributed by atoms with Crippen LogP contribution < -0.4 is 4.74 Å².